The highest BCUT2D eigenvalue weighted by Gasteiger charge is 2.69. The molecule has 2 fully saturated rings. The number of amides is 1. The lowest BCUT2D eigenvalue weighted by Gasteiger charge is -2.52. The van der Waals surface area contributed by atoms with Gasteiger partial charge in [0, 0.05) is 25.6 Å². The van der Waals surface area contributed by atoms with E-state index in [4.69, 9.17) is 11.5 Å². The first-order valence-corrected chi connectivity index (χ1v) is 13.0. The van der Waals surface area contributed by atoms with Crippen LogP contribution in [0.3, 0.4) is 0 Å². The minimum Gasteiger partial charge on any atom is -0.505 e. The predicted molar refractivity (Wildman–Crippen MR) is 146 cm³/mol. The van der Waals surface area contributed by atoms with Crippen molar-refractivity contribution in [1.29, 1.82) is 0 Å². The number of hydrogen-bond donors (Lipinski definition) is 4. The number of aromatic hydroxyl groups is 1. The summed E-state index contributed by atoms with van der Waals surface area (Å²) in [6.45, 7) is 0. The van der Waals surface area contributed by atoms with Crippen molar-refractivity contribution in [1.82, 2.24) is 4.90 Å². The molecular weight excluding hydrogens is 516 g/mol. The lowest BCUT2D eigenvalue weighted by molar-refractivity contribution is -0.181. The fourth-order valence-corrected chi connectivity index (χ4v) is 7.13. The summed E-state index contributed by atoms with van der Waals surface area (Å²) in [6, 6.07) is 7.99. The number of phenols is 1. The van der Waals surface area contributed by atoms with E-state index in [9.17, 15) is 34.2 Å². The fraction of sp³-hybridized carbons (Fsp3) is 0.414. The quantitative estimate of drug-likeness (QED) is 0.233. The van der Waals surface area contributed by atoms with Crippen LogP contribution < -0.4 is 16.4 Å². The van der Waals surface area contributed by atoms with Crippen molar-refractivity contribution in [2.75, 3.05) is 38.8 Å². The number of likely N-dealkylation sites (N-methyl/N-ethyl adjacent to an activating group) is 1. The van der Waals surface area contributed by atoms with Crippen LogP contribution in [0.1, 0.15) is 22.3 Å². The van der Waals surface area contributed by atoms with E-state index in [0.717, 1.165) is 5.56 Å². The number of fused-ring (bicyclic) bond motifs is 3. The maximum absolute atomic E-state index is 14.0. The van der Waals surface area contributed by atoms with Gasteiger partial charge >= 0.3 is 0 Å². The van der Waals surface area contributed by atoms with Gasteiger partial charge in [-0.3, -0.25) is 28.9 Å². The number of hydrogen-bond acceptors (Lipinski definition) is 10. The van der Waals surface area contributed by atoms with Gasteiger partial charge in [0.05, 0.1) is 28.9 Å². The highest BCUT2D eigenvalue weighted by molar-refractivity contribution is 6.32. The van der Waals surface area contributed by atoms with Crippen molar-refractivity contribution in [2.45, 2.75) is 24.5 Å². The molecule has 0 saturated heterocycles. The van der Waals surface area contributed by atoms with Gasteiger partial charge in [-0.1, -0.05) is 30.3 Å². The molecule has 6 atom stereocenters. The van der Waals surface area contributed by atoms with Crippen LogP contribution in [0.2, 0.25) is 0 Å². The third kappa shape index (κ3) is 3.54. The molecule has 1 amide bonds. The van der Waals surface area contributed by atoms with E-state index in [1.807, 2.05) is 30.3 Å². The van der Waals surface area contributed by atoms with Crippen LogP contribution in [-0.4, -0.2) is 84.0 Å². The van der Waals surface area contributed by atoms with Gasteiger partial charge < -0.3 is 26.6 Å². The number of anilines is 2. The Balaban J connectivity index is 1.72. The van der Waals surface area contributed by atoms with Crippen molar-refractivity contribution >= 4 is 40.4 Å². The lowest BCUT2D eigenvalue weighted by atomic mass is 9.52. The summed E-state index contributed by atoms with van der Waals surface area (Å²) in [7, 11) is 6.66. The van der Waals surface area contributed by atoms with Crippen LogP contribution in [0.4, 0.5) is 11.4 Å². The molecule has 2 aromatic carbocycles. The first-order valence-electron chi connectivity index (χ1n) is 13.0. The number of Topliss-reactive ketones (excluding diaryl/α,β-unsaturated/α-hetero) is 4. The van der Waals surface area contributed by atoms with Gasteiger partial charge in [-0.15, -0.1) is 0 Å². The molecule has 11 nitrogen and oxygen atoms in total. The molecule has 0 spiro atoms. The summed E-state index contributed by atoms with van der Waals surface area (Å²) in [5.41, 5.74) is 11.2. The van der Waals surface area contributed by atoms with Gasteiger partial charge in [0.15, 0.2) is 34.7 Å². The third-order valence-corrected chi connectivity index (χ3v) is 8.75. The zero-order chi connectivity index (χ0) is 29.4. The monoisotopic (exact) mass is 548 g/mol. The van der Waals surface area contributed by atoms with E-state index in [2.05, 4.69) is 0 Å². The van der Waals surface area contributed by atoms with E-state index < -0.39 is 70.1 Å². The molecule has 2 saturated carbocycles. The van der Waals surface area contributed by atoms with E-state index in [-0.39, 0.29) is 24.1 Å². The lowest BCUT2D eigenvalue weighted by Crippen LogP contribution is -2.74. The Bertz CT molecular complexity index is 1490. The molecule has 2 unspecified atom stereocenters. The Hall–Kier alpha value is -4.09. The molecule has 3 aliphatic carbocycles. The predicted octanol–water partition coefficient (Wildman–Crippen LogP) is 0.182. The van der Waals surface area contributed by atoms with Gasteiger partial charge in [0.1, 0.15) is 5.75 Å². The topological polar surface area (TPSA) is 184 Å². The van der Waals surface area contributed by atoms with Crippen LogP contribution in [0.25, 0.3) is 11.1 Å². The van der Waals surface area contributed by atoms with Crippen molar-refractivity contribution < 1.29 is 34.2 Å². The number of phenolic OH excluding ortho intramolecular Hbond substituents is 1. The smallest absolute Gasteiger partial charge is 0.235 e. The Kier molecular flexibility index (Phi) is 6.35. The van der Waals surface area contributed by atoms with Crippen LogP contribution in [0, 0.1) is 23.7 Å². The van der Waals surface area contributed by atoms with Crippen LogP contribution in [-0.2, 0) is 25.6 Å². The number of nitrogens with two attached hydrogens (primary N) is 2. The number of nitrogen functional groups attached to an aromatic ring is 1. The van der Waals surface area contributed by atoms with Crippen LogP contribution in [0.15, 0.2) is 30.3 Å². The van der Waals surface area contributed by atoms with Crippen molar-refractivity contribution in [3.63, 3.8) is 0 Å². The molecule has 6 N–H and O–H groups in total. The molecule has 5 rings (SSSR count). The van der Waals surface area contributed by atoms with E-state index in [1.54, 1.807) is 33.1 Å². The fourth-order valence-electron chi connectivity index (χ4n) is 7.13. The molecule has 0 radical (unpaired) electrons. The Morgan fingerprint density at radius 2 is 1.62 bits per heavy atom. The third-order valence-electron chi connectivity index (χ3n) is 8.75. The molecule has 0 aromatic heterocycles. The maximum Gasteiger partial charge on any atom is 0.235 e. The Morgan fingerprint density at radius 1 is 1.00 bits per heavy atom. The second-order valence-electron chi connectivity index (χ2n) is 11.4. The molecule has 40 heavy (non-hydrogen) atoms. The summed E-state index contributed by atoms with van der Waals surface area (Å²) in [5.74, 6) is -11.0. The number of benzene rings is 2. The van der Waals surface area contributed by atoms with Crippen LogP contribution in [0.5, 0.6) is 5.75 Å². The Labute approximate surface area is 230 Å². The van der Waals surface area contributed by atoms with Gasteiger partial charge in [-0.05, 0) is 44.0 Å². The number of aliphatic hydroxyl groups is 1. The second kappa shape index (κ2) is 9.24. The van der Waals surface area contributed by atoms with Crippen molar-refractivity contribution in [2.24, 2.45) is 29.4 Å². The number of nitrogens with zero attached hydrogens (tertiary/aromatic N) is 2. The number of ketones is 4. The molecule has 3 aliphatic rings. The molecular formula is C29H32N4O7. The summed E-state index contributed by atoms with van der Waals surface area (Å²) in [6.07, 6.45) is 0.121. The average molecular weight is 549 g/mol. The second-order valence-corrected chi connectivity index (χ2v) is 11.4. The Morgan fingerprint density at radius 3 is 2.17 bits per heavy atom. The minimum absolute atomic E-state index is 0.0252. The first kappa shape index (κ1) is 27.5. The number of carbonyl (C=O) groups excluding carboxylic acids is 5. The van der Waals surface area contributed by atoms with Crippen LogP contribution >= 0.6 is 0 Å². The summed E-state index contributed by atoms with van der Waals surface area (Å²) >= 11 is 0. The van der Waals surface area contributed by atoms with Gasteiger partial charge in [0.2, 0.25) is 5.91 Å². The number of primary amides is 1. The van der Waals surface area contributed by atoms with E-state index >= 15 is 0 Å². The number of carbonyl (C=O) groups is 5. The summed E-state index contributed by atoms with van der Waals surface area (Å²) in [5, 5.41) is 22.9. The summed E-state index contributed by atoms with van der Waals surface area (Å²) in [4.78, 5) is 70.1. The molecule has 2 aromatic rings. The molecule has 11 heteroatoms. The maximum atomic E-state index is 14.0. The summed E-state index contributed by atoms with van der Waals surface area (Å²) < 4.78 is 0. The van der Waals surface area contributed by atoms with Gasteiger partial charge in [-0.25, -0.2) is 0 Å². The molecule has 210 valence electrons. The highest BCUT2D eigenvalue weighted by atomic mass is 16.3. The zero-order valence-electron chi connectivity index (χ0n) is 22.7. The molecule has 0 heterocycles. The average Bonchev–Trinajstić information content (AvgIpc) is 2.88. The van der Waals surface area contributed by atoms with E-state index in [1.165, 1.54) is 4.90 Å². The van der Waals surface area contributed by atoms with Crippen molar-refractivity contribution in [3.05, 3.63) is 41.5 Å². The molecule has 0 aliphatic heterocycles. The van der Waals surface area contributed by atoms with Gasteiger partial charge in [-0.2, -0.15) is 0 Å². The first-order chi connectivity index (χ1) is 18.7. The highest BCUT2D eigenvalue weighted by Crippen LogP contribution is 2.54. The largest absolute Gasteiger partial charge is 0.505 e. The zero-order valence-corrected chi connectivity index (χ0v) is 22.7. The van der Waals surface area contributed by atoms with Crippen molar-refractivity contribution in [3.8, 4) is 16.9 Å². The minimum atomic E-state index is -2.77. The number of rotatable bonds is 4. The van der Waals surface area contributed by atoms with E-state index in [0.29, 0.717) is 16.8 Å². The molecule has 0 bridgehead atoms. The van der Waals surface area contributed by atoms with Gasteiger partial charge in [0.25, 0.3) is 0 Å². The normalized spacial score (nSPS) is 29.6. The SMILES string of the molecule is CN(C)c1c2c(c(O)c(N)c1-c1ccccc1)C(=O)C1C(=O)[C@]3(O)C(=O)C(C(N)=O)C(=O)[C@@H](N(C)C)[C@@H]3C[C@@H]1C2. The standard InChI is InChI=1S/C29H32N4O7/c1-32(2)21-14-10-13-11-15-22(33(3)4)25(36)19(28(31)39)27(38)29(15,40)26(37)17(13)23(34)18(14)24(35)20(30)16(21)12-8-6-5-7-9-12/h5-9,13,15,17,19,22,35,40H,10-11,30H2,1-4H3,(H2,31,39)/t13-,15-,17?,19?,22-,29-/m0/s1.